The Hall–Kier alpha value is -0.690. The van der Waals surface area contributed by atoms with E-state index in [1.807, 2.05) is 26.8 Å². The lowest BCUT2D eigenvalue weighted by atomic mass is 10.1. The van der Waals surface area contributed by atoms with Gasteiger partial charge in [0.1, 0.15) is 5.75 Å². The highest BCUT2D eigenvalue weighted by atomic mass is 35.5. The molecule has 1 aromatic rings. The molecule has 1 aromatic carbocycles. The number of rotatable bonds is 0. The number of halogens is 1. The Balaban J connectivity index is 3.46. The van der Waals surface area contributed by atoms with Gasteiger partial charge in [-0.3, -0.25) is 0 Å². The Morgan fingerprint density at radius 2 is 1.73 bits per heavy atom. The van der Waals surface area contributed by atoms with Crippen molar-refractivity contribution < 1.29 is 5.11 Å². The molecule has 0 amide bonds. The molecule has 0 fully saturated rings. The second kappa shape index (κ2) is 2.74. The third-order valence-electron chi connectivity index (χ3n) is 2.00. The molecule has 0 saturated carbocycles. The van der Waals surface area contributed by atoms with Crippen LogP contribution in [0.2, 0.25) is 5.02 Å². The molecule has 1 nitrogen and oxygen atoms in total. The molecule has 0 radical (unpaired) electrons. The van der Waals surface area contributed by atoms with E-state index in [4.69, 9.17) is 11.6 Å². The van der Waals surface area contributed by atoms with Gasteiger partial charge in [0.05, 0.1) is 0 Å². The molecule has 0 aliphatic heterocycles. The third kappa shape index (κ3) is 1.33. The van der Waals surface area contributed by atoms with E-state index in [1.165, 1.54) is 0 Å². The smallest absolute Gasteiger partial charge is 0.123 e. The molecule has 0 aromatic heterocycles. The summed E-state index contributed by atoms with van der Waals surface area (Å²) in [6, 6.07) is 1.87. The van der Waals surface area contributed by atoms with Crippen molar-refractivity contribution in [3.63, 3.8) is 0 Å². The Morgan fingerprint density at radius 3 is 2.27 bits per heavy atom. The van der Waals surface area contributed by atoms with Gasteiger partial charge in [-0.15, -0.1) is 0 Å². The predicted molar refractivity (Wildman–Crippen MR) is 47.3 cm³/mol. The summed E-state index contributed by atoms with van der Waals surface area (Å²) < 4.78 is 0. The lowest BCUT2D eigenvalue weighted by Crippen LogP contribution is -1.86. The minimum atomic E-state index is 0.315. The van der Waals surface area contributed by atoms with Crippen molar-refractivity contribution in [2.45, 2.75) is 20.8 Å². The first-order valence-electron chi connectivity index (χ1n) is 3.49. The van der Waals surface area contributed by atoms with Crippen molar-refractivity contribution in [1.29, 1.82) is 0 Å². The van der Waals surface area contributed by atoms with E-state index in [2.05, 4.69) is 0 Å². The summed E-state index contributed by atoms with van der Waals surface area (Å²) >= 11 is 5.83. The van der Waals surface area contributed by atoms with Gasteiger partial charge in [-0.25, -0.2) is 0 Å². The molecule has 0 aliphatic carbocycles. The summed E-state index contributed by atoms with van der Waals surface area (Å²) in [4.78, 5) is 0. The van der Waals surface area contributed by atoms with Crippen molar-refractivity contribution in [3.8, 4) is 5.75 Å². The number of phenols is 1. The van der Waals surface area contributed by atoms with Crippen molar-refractivity contribution in [2.24, 2.45) is 0 Å². The largest absolute Gasteiger partial charge is 0.507 e. The van der Waals surface area contributed by atoms with Gasteiger partial charge >= 0.3 is 0 Å². The van der Waals surface area contributed by atoms with Crippen LogP contribution in [-0.4, -0.2) is 5.11 Å². The zero-order valence-corrected chi connectivity index (χ0v) is 7.66. The molecule has 0 saturated heterocycles. The van der Waals surface area contributed by atoms with Crippen LogP contribution in [0.15, 0.2) is 6.07 Å². The Labute approximate surface area is 71.6 Å². The Kier molecular flexibility index (Phi) is 2.10. The molecule has 0 bridgehead atoms. The maximum absolute atomic E-state index is 9.48. The fourth-order valence-electron chi connectivity index (χ4n) is 0.988. The van der Waals surface area contributed by atoms with Crippen LogP contribution < -0.4 is 0 Å². The summed E-state index contributed by atoms with van der Waals surface area (Å²) in [5.41, 5.74) is 2.69. The first-order chi connectivity index (χ1) is 5.04. The SMILES string of the molecule is Cc1cc(Cl)c(C)c(O)c1C. The van der Waals surface area contributed by atoms with E-state index in [0.717, 1.165) is 16.7 Å². The van der Waals surface area contributed by atoms with Crippen LogP contribution in [0.3, 0.4) is 0 Å². The van der Waals surface area contributed by atoms with Crippen molar-refractivity contribution in [2.75, 3.05) is 0 Å². The average molecular weight is 171 g/mol. The van der Waals surface area contributed by atoms with Gasteiger partial charge in [-0.05, 0) is 38.0 Å². The standard InChI is InChI=1S/C9H11ClO/c1-5-4-8(10)7(3)9(11)6(5)2/h4,11H,1-3H3. The first-order valence-corrected chi connectivity index (χ1v) is 3.87. The van der Waals surface area contributed by atoms with Gasteiger partial charge in [0.15, 0.2) is 0 Å². The van der Waals surface area contributed by atoms with Gasteiger partial charge in [-0.1, -0.05) is 11.6 Å². The molecule has 0 unspecified atom stereocenters. The van der Waals surface area contributed by atoms with Gasteiger partial charge < -0.3 is 5.11 Å². The van der Waals surface area contributed by atoms with E-state index in [-0.39, 0.29) is 0 Å². The van der Waals surface area contributed by atoms with Gasteiger partial charge in [0, 0.05) is 10.6 Å². The summed E-state index contributed by atoms with van der Waals surface area (Å²) in [5, 5.41) is 10.1. The van der Waals surface area contributed by atoms with E-state index < -0.39 is 0 Å². The summed E-state index contributed by atoms with van der Waals surface area (Å²) in [6.45, 7) is 5.62. The fraction of sp³-hybridized carbons (Fsp3) is 0.333. The second-order valence-electron chi connectivity index (χ2n) is 2.77. The van der Waals surface area contributed by atoms with Crippen LogP contribution >= 0.6 is 11.6 Å². The van der Waals surface area contributed by atoms with Crippen LogP contribution in [0.4, 0.5) is 0 Å². The molecule has 60 valence electrons. The molecular formula is C9H11ClO. The van der Waals surface area contributed by atoms with Crippen LogP contribution in [0.25, 0.3) is 0 Å². The normalized spacial score (nSPS) is 10.2. The molecule has 1 rings (SSSR count). The summed E-state index contributed by atoms with van der Waals surface area (Å²) in [5.74, 6) is 0.315. The topological polar surface area (TPSA) is 20.2 Å². The molecule has 0 atom stereocenters. The lowest BCUT2D eigenvalue weighted by Gasteiger charge is -2.07. The molecular weight excluding hydrogens is 160 g/mol. The van der Waals surface area contributed by atoms with E-state index in [1.54, 1.807) is 0 Å². The number of aryl methyl sites for hydroxylation is 1. The van der Waals surface area contributed by atoms with E-state index in [9.17, 15) is 5.11 Å². The zero-order valence-electron chi connectivity index (χ0n) is 6.90. The average Bonchev–Trinajstić information content (AvgIpc) is 1.97. The third-order valence-corrected chi connectivity index (χ3v) is 2.40. The quantitative estimate of drug-likeness (QED) is 0.635. The number of phenolic OH excluding ortho intramolecular Hbond substituents is 1. The van der Waals surface area contributed by atoms with Crippen molar-refractivity contribution >= 4 is 11.6 Å². The summed E-state index contributed by atoms with van der Waals surface area (Å²) in [6.07, 6.45) is 0. The van der Waals surface area contributed by atoms with E-state index >= 15 is 0 Å². The van der Waals surface area contributed by atoms with Crippen LogP contribution in [0.5, 0.6) is 5.75 Å². The molecule has 2 heteroatoms. The maximum atomic E-state index is 9.48. The highest BCUT2D eigenvalue weighted by Crippen LogP contribution is 2.30. The van der Waals surface area contributed by atoms with Crippen LogP contribution in [-0.2, 0) is 0 Å². The van der Waals surface area contributed by atoms with Crippen molar-refractivity contribution in [3.05, 3.63) is 27.8 Å². The maximum Gasteiger partial charge on any atom is 0.123 e. The first kappa shape index (κ1) is 8.41. The van der Waals surface area contributed by atoms with Gasteiger partial charge in [0.25, 0.3) is 0 Å². The summed E-state index contributed by atoms with van der Waals surface area (Å²) in [7, 11) is 0. The van der Waals surface area contributed by atoms with E-state index in [0.29, 0.717) is 10.8 Å². The fourth-order valence-corrected chi connectivity index (χ4v) is 1.24. The number of hydrogen-bond acceptors (Lipinski definition) is 1. The molecule has 0 aliphatic rings. The van der Waals surface area contributed by atoms with Crippen molar-refractivity contribution in [1.82, 2.24) is 0 Å². The van der Waals surface area contributed by atoms with Gasteiger partial charge in [-0.2, -0.15) is 0 Å². The second-order valence-corrected chi connectivity index (χ2v) is 3.18. The lowest BCUT2D eigenvalue weighted by molar-refractivity contribution is 0.466. The Bertz CT molecular complexity index is 266. The van der Waals surface area contributed by atoms with Crippen LogP contribution in [0, 0.1) is 20.8 Å². The predicted octanol–water partition coefficient (Wildman–Crippen LogP) is 2.97. The number of benzene rings is 1. The minimum Gasteiger partial charge on any atom is -0.507 e. The number of aromatic hydroxyl groups is 1. The number of hydrogen-bond donors (Lipinski definition) is 1. The monoisotopic (exact) mass is 170 g/mol. The molecule has 0 spiro atoms. The molecule has 0 heterocycles. The highest BCUT2D eigenvalue weighted by molar-refractivity contribution is 6.31. The highest BCUT2D eigenvalue weighted by Gasteiger charge is 2.06. The minimum absolute atomic E-state index is 0.315. The zero-order chi connectivity index (χ0) is 8.59. The molecule has 1 N–H and O–H groups in total. The van der Waals surface area contributed by atoms with Crippen LogP contribution in [0.1, 0.15) is 16.7 Å². The molecule has 11 heavy (non-hydrogen) atoms. The Morgan fingerprint density at radius 1 is 1.18 bits per heavy atom. The van der Waals surface area contributed by atoms with Gasteiger partial charge in [0.2, 0.25) is 0 Å².